The molecule has 11 nitrogen and oxygen atoms in total. The van der Waals surface area contributed by atoms with E-state index in [-0.39, 0.29) is 17.3 Å². The van der Waals surface area contributed by atoms with E-state index in [0.29, 0.717) is 21.8 Å². The second-order valence-electron chi connectivity index (χ2n) is 6.52. The Morgan fingerprint density at radius 3 is 2.53 bits per heavy atom. The van der Waals surface area contributed by atoms with Crippen molar-refractivity contribution in [3.63, 3.8) is 0 Å². The topological polar surface area (TPSA) is 145 Å². The smallest absolute Gasteiger partial charge is 0.288 e. The Hall–Kier alpha value is -4.12. The lowest BCUT2D eigenvalue weighted by atomic mass is 9.92. The first kappa shape index (κ1) is 17.9. The van der Waals surface area contributed by atoms with Crippen LogP contribution in [0, 0.1) is 10.1 Å². The monoisotopic (exact) mass is 422 g/mol. The number of H-pyrrole nitrogens is 1. The van der Waals surface area contributed by atoms with Crippen LogP contribution in [0.25, 0.3) is 11.3 Å². The van der Waals surface area contributed by atoms with E-state index in [1.54, 1.807) is 36.4 Å². The van der Waals surface area contributed by atoms with Gasteiger partial charge in [-0.2, -0.15) is 9.78 Å². The van der Waals surface area contributed by atoms with Gasteiger partial charge < -0.3 is 5.32 Å². The largest absolute Gasteiger partial charge is 0.318 e. The summed E-state index contributed by atoms with van der Waals surface area (Å²) >= 11 is 6.01. The number of nitrogens with one attached hydrogen (secondary N) is 2. The minimum absolute atomic E-state index is 0.0493. The fourth-order valence-corrected chi connectivity index (χ4v) is 3.58. The number of fused-ring (bicyclic) bond motifs is 2. The average Bonchev–Trinajstić information content (AvgIpc) is 3.22. The van der Waals surface area contributed by atoms with Crippen molar-refractivity contribution in [1.82, 2.24) is 30.4 Å². The van der Waals surface area contributed by atoms with E-state index in [0.717, 1.165) is 5.56 Å². The van der Waals surface area contributed by atoms with E-state index in [1.165, 1.54) is 16.8 Å². The lowest BCUT2D eigenvalue weighted by molar-refractivity contribution is -0.384. The van der Waals surface area contributed by atoms with Gasteiger partial charge in [0.05, 0.1) is 10.6 Å². The Bertz CT molecular complexity index is 1330. The number of nitrogens with zero attached hydrogens (tertiary/aromatic N) is 6. The molecule has 12 heteroatoms. The molecule has 4 aromatic rings. The number of tetrazole rings is 1. The molecule has 2 aromatic carbocycles. The van der Waals surface area contributed by atoms with Gasteiger partial charge in [0.25, 0.3) is 11.2 Å². The summed E-state index contributed by atoms with van der Waals surface area (Å²) in [6.07, 6.45) is 0. The standard InChI is InChI=1S/C18H11ClN8O3/c19-11-5-1-9(2-6-11)14-13-15(17(28)22-21-14)20-18-23-24-25-26(18)16(13)10-3-7-12(8-4-10)27(29)30/h1-8,16H,(H,22,28)(H,20,23,25)/t16-/m0/s1. The van der Waals surface area contributed by atoms with E-state index >= 15 is 0 Å². The maximum absolute atomic E-state index is 12.6. The predicted octanol–water partition coefficient (Wildman–Crippen LogP) is 2.68. The molecular formula is C18H11ClN8O3. The normalized spacial score (nSPS) is 14.5. The molecular weight excluding hydrogens is 412 g/mol. The highest BCUT2D eigenvalue weighted by Gasteiger charge is 2.34. The van der Waals surface area contributed by atoms with Gasteiger partial charge in [-0.15, -0.1) is 0 Å². The number of hydrogen-bond donors (Lipinski definition) is 2. The lowest BCUT2D eigenvalue weighted by Gasteiger charge is -2.27. The predicted molar refractivity (Wildman–Crippen MR) is 107 cm³/mol. The van der Waals surface area contributed by atoms with Crippen molar-refractivity contribution in [3.8, 4) is 11.3 Å². The van der Waals surface area contributed by atoms with Gasteiger partial charge >= 0.3 is 0 Å². The molecule has 30 heavy (non-hydrogen) atoms. The Balaban J connectivity index is 1.77. The first-order valence-electron chi connectivity index (χ1n) is 8.70. The number of anilines is 2. The van der Waals surface area contributed by atoms with E-state index in [9.17, 15) is 14.9 Å². The average molecular weight is 423 g/mol. The van der Waals surface area contributed by atoms with Gasteiger partial charge in [-0.1, -0.05) is 28.8 Å². The molecule has 2 aromatic heterocycles. The molecule has 0 spiro atoms. The Labute approximate surface area is 172 Å². The maximum Gasteiger partial charge on any atom is 0.288 e. The molecule has 0 bridgehead atoms. The van der Waals surface area contributed by atoms with Crippen molar-refractivity contribution in [3.05, 3.63) is 85.1 Å². The molecule has 148 valence electrons. The van der Waals surface area contributed by atoms with Crippen LogP contribution in [-0.2, 0) is 0 Å². The molecule has 5 rings (SSSR count). The Kier molecular flexibility index (Phi) is 4.03. The van der Waals surface area contributed by atoms with Gasteiger partial charge in [0.15, 0.2) is 0 Å². The lowest BCUT2D eigenvalue weighted by Crippen LogP contribution is -2.29. The third-order valence-electron chi connectivity index (χ3n) is 4.81. The van der Waals surface area contributed by atoms with Crippen LogP contribution in [-0.4, -0.2) is 35.3 Å². The number of nitro groups is 1. The second kappa shape index (κ2) is 6.74. The molecule has 1 atom stereocenters. The summed E-state index contributed by atoms with van der Waals surface area (Å²) in [6, 6.07) is 12.4. The molecule has 0 unspecified atom stereocenters. The molecule has 1 aliphatic heterocycles. The van der Waals surface area contributed by atoms with E-state index in [1.807, 2.05) is 0 Å². The van der Waals surface area contributed by atoms with Gasteiger partial charge in [-0.05, 0) is 40.3 Å². The number of aromatic amines is 1. The number of aromatic nitrogens is 6. The molecule has 0 fully saturated rings. The highest BCUT2D eigenvalue weighted by Crippen LogP contribution is 2.41. The number of benzene rings is 2. The summed E-state index contributed by atoms with van der Waals surface area (Å²) < 4.78 is 1.50. The molecule has 0 radical (unpaired) electrons. The Morgan fingerprint density at radius 2 is 1.83 bits per heavy atom. The third-order valence-corrected chi connectivity index (χ3v) is 5.06. The molecule has 3 heterocycles. The summed E-state index contributed by atoms with van der Waals surface area (Å²) in [7, 11) is 0. The fraction of sp³-hybridized carbons (Fsp3) is 0.0556. The number of hydrogen-bond acceptors (Lipinski definition) is 8. The third kappa shape index (κ3) is 2.79. The molecule has 0 amide bonds. The summed E-state index contributed by atoms with van der Waals surface area (Å²) in [6.45, 7) is 0. The zero-order valence-electron chi connectivity index (χ0n) is 15.0. The van der Waals surface area contributed by atoms with Crippen molar-refractivity contribution in [2.45, 2.75) is 6.04 Å². The molecule has 1 aliphatic rings. The van der Waals surface area contributed by atoms with Crippen LogP contribution in [0.4, 0.5) is 17.3 Å². The maximum atomic E-state index is 12.6. The number of halogens is 1. The van der Waals surface area contributed by atoms with Gasteiger partial charge in [-0.25, -0.2) is 5.10 Å². The Morgan fingerprint density at radius 1 is 1.10 bits per heavy atom. The number of non-ortho nitro benzene ring substituents is 1. The number of rotatable bonds is 3. The van der Waals surface area contributed by atoms with E-state index in [2.05, 4.69) is 31.0 Å². The van der Waals surface area contributed by atoms with Gasteiger partial charge in [0.1, 0.15) is 11.7 Å². The van der Waals surface area contributed by atoms with E-state index < -0.39 is 16.5 Å². The molecule has 2 N–H and O–H groups in total. The van der Waals surface area contributed by atoms with Crippen molar-refractivity contribution < 1.29 is 4.92 Å². The van der Waals surface area contributed by atoms with Crippen molar-refractivity contribution in [2.24, 2.45) is 0 Å². The first-order valence-corrected chi connectivity index (χ1v) is 9.08. The minimum Gasteiger partial charge on any atom is -0.318 e. The molecule has 0 aliphatic carbocycles. The van der Waals surface area contributed by atoms with Gasteiger partial charge in [-0.3, -0.25) is 14.9 Å². The van der Waals surface area contributed by atoms with Crippen LogP contribution in [0.3, 0.4) is 0 Å². The van der Waals surface area contributed by atoms with Crippen molar-refractivity contribution in [2.75, 3.05) is 5.32 Å². The molecule has 0 saturated carbocycles. The summed E-state index contributed by atoms with van der Waals surface area (Å²) in [5, 5.41) is 33.0. The van der Waals surface area contributed by atoms with Crippen LogP contribution in [0.5, 0.6) is 0 Å². The zero-order chi connectivity index (χ0) is 20.8. The second-order valence-corrected chi connectivity index (χ2v) is 6.96. The fourth-order valence-electron chi connectivity index (χ4n) is 3.45. The van der Waals surface area contributed by atoms with E-state index in [4.69, 9.17) is 11.6 Å². The number of nitro benzene ring substituents is 1. The molecule has 0 saturated heterocycles. The quantitative estimate of drug-likeness (QED) is 0.333. The van der Waals surface area contributed by atoms with Gasteiger partial charge in [0.2, 0.25) is 5.95 Å². The first-order chi connectivity index (χ1) is 14.5. The van der Waals surface area contributed by atoms with Crippen LogP contribution < -0.4 is 10.9 Å². The summed E-state index contributed by atoms with van der Waals surface area (Å²) in [5.41, 5.74) is 2.17. The van der Waals surface area contributed by atoms with Crippen LogP contribution >= 0.6 is 11.6 Å². The highest BCUT2D eigenvalue weighted by atomic mass is 35.5. The van der Waals surface area contributed by atoms with Crippen molar-refractivity contribution >= 4 is 28.9 Å². The van der Waals surface area contributed by atoms with Crippen molar-refractivity contribution in [1.29, 1.82) is 0 Å². The summed E-state index contributed by atoms with van der Waals surface area (Å²) in [4.78, 5) is 23.2. The van der Waals surface area contributed by atoms with Crippen LogP contribution in [0.1, 0.15) is 17.2 Å². The van der Waals surface area contributed by atoms with Crippen LogP contribution in [0.15, 0.2) is 53.3 Å². The van der Waals surface area contributed by atoms with Crippen LogP contribution in [0.2, 0.25) is 5.02 Å². The SMILES string of the molecule is O=c1[nH]nc(-c2ccc(Cl)cc2)c2c1Nc1nnnn1[C@H]2c1ccc([N+](=O)[O-])cc1. The zero-order valence-corrected chi connectivity index (χ0v) is 15.7. The minimum atomic E-state index is -0.632. The highest BCUT2D eigenvalue weighted by molar-refractivity contribution is 6.30. The summed E-state index contributed by atoms with van der Waals surface area (Å²) in [5.74, 6) is 0.268. The van der Waals surface area contributed by atoms with Gasteiger partial charge in [0, 0.05) is 28.3 Å².